The number of hydrogen-bond acceptors (Lipinski definition) is 8. The van der Waals surface area contributed by atoms with E-state index in [0.29, 0.717) is 16.4 Å². The SMILES string of the molecule is CCOC(=O)[C@@H]1CC(F)(F)CN1CC1=C(C#N)C(c2ccc(F)cc2Cl)N=C(c2nccs2)N1. The molecule has 0 radical (unpaired) electrons. The Labute approximate surface area is 202 Å². The molecule has 2 atom stereocenters. The minimum absolute atomic E-state index is 0.0606. The summed E-state index contributed by atoms with van der Waals surface area (Å²) in [6, 6.07) is 3.74. The molecular weight excluding hydrogens is 491 g/mol. The van der Waals surface area contributed by atoms with Crippen molar-refractivity contribution in [2.75, 3.05) is 19.7 Å². The second-order valence-electron chi connectivity index (χ2n) is 7.75. The van der Waals surface area contributed by atoms with E-state index in [1.165, 1.54) is 28.4 Å². The van der Waals surface area contributed by atoms with Gasteiger partial charge in [-0.3, -0.25) is 14.7 Å². The summed E-state index contributed by atoms with van der Waals surface area (Å²) in [5.41, 5.74) is 0.771. The Balaban J connectivity index is 1.75. The molecule has 1 saturated heterocycles. The number of nitriles is 1. The number of alkyl halides is 2. The van der Waals surface area contributed by atoms with Crippen molar-refractivity contribution < 1.29 is 22.7 Å². The van der Waals surface area contributed by atoms with Crippen molar-refractivity contribution in [2.24, 2.45) is 4.99 Å². The van der Waals surface area contributed by atoms with Crippen LogP contribution in [0.4, 0.5) is 13.2 Å². The van der Waals surface area contributed by atoms with E-state index < -0.39 is 42.8 Å². The second-order valence-corrected chi connectivity index (χ2v) is 9.05. The Morgan fingerprint density at radius 3 is 2.91 bits per heavy atom. The van der Waals surface area contributed by atoms with E-state index in [4.69, 9.17) is 16.3 Å². The first kappa shape index (κ1) is 24.2. The van der Waals surface area contributed by atoms with Crippen LogP contribution in [0, 0.1) is 17.1 Å². The predicted octanol–water partition coefficient (Wildman–Crippen LogP) is 4.08. The first-order chi connectivity index (χ1) is 16.2. The molecule has 0 aliphatic carbocycles. The maximum Gasteiger partial charge on any atom is 0.323 e. The fourth-order valence-electron chi connectivity index (χ4n) is 3.98. The van der Waals surface area contributed by atoms with Crippen LogP contribution in [-0.4, -0.2) is 53.3 Å². The van der Waals surface area contributed by atoms with Gasteiger partial charge in [0.2, 0.25) is 0 Å². The summed E-state index contributed by atoms with van der Waals surface area (Å²) in [5, 5.41) is 15.3. The van der Waals surface area contributed by atoms with Crippen LogP contribution in [0.25, 0.3) is 0 Å². The normalized spacial score (nSPS) is 22.2. The van der Waals surface area contributed by atoms with Crippen LogP contribution in [0.15, 0.2) is 46.0 Å². The summed E-state index contributed by atoms with van der Waals surface area (Å²) in [5.74, 6) is -4.08. The van der Waals surface area contributed by atoms with E-state index in [-0.39, 0.29) is 29.4 Å². The monoisotopic (exact) mass is 509 g/mol. The lowest BCUT2D eigenvalue weighted by Crippen LogP contribution is -2.43. The average molecular weight is 510 g/mol. The van der Waals surface area contributed by atoms with Crippen LogP contribution in [0.3, 0.4) is 0 Å². The van der Waals surface area contributed by atoms with Crippen LogP contribution in [0.2, 0.25) is 5.02 Å². The second kappa shape index (κ2) is 9.74. The van der Waals surface area contributed by atoms with Crippen molar-refractivity contribution in [1.29, 1.82) is 5.26 Å². The number of ether oxygens (including phenoxy) is 1. The first-order valence-corrected chi connectivity index (χ1v) is 11.6. The van der Waals surface area contributed by atoms with Crippen LogP contribution in [0.1, 0.15) is 30.0 Å². The molecule has 4 rings (SSSR count). The summed E-state index contributed by atoms with van der Waals surface area (Å²) in [6.07, 6.45) is 0.896. The lowest BCUT2D eigenvalue weighted by Gasteiger charge is -2.29. The predicted molar refractivity (Wildman–Crippen MR) is 120 cm³/mol. The molecule has 1 fully saturated rings. The highest BCUT2D eigenvalue weighted by Gasteiger charge is 2.49. The third-order valence-electron chi connectivity index (χ3n) is 5.43. The van der Waals surface area contributed by atoms with Gasteiger partial charge in [0.1, 0.15) is 17.9 Å². The Bertz CT molecular complexity index is 1200. The molecule has 1 aromatic carbocycles. The lowest BCUT2D eigenvalue weighted by molar-refractivity contribution is -0.148. The third kappa shape index (κ3) is 4.94. The van der Waals surface area contributed by atoms with Gasteiger partial charge in [0.25, 0.3) is 5.92 Å². The zero-order valence-corrected chi connectivity index (χ0v) is 19.5. The van der Waals surface area contributed by atoms with Crippen molar-refractivity contribution in [1.82, 2.24) is 15.2 Å². The van der Waals surface area contributed by atoms with E-state index in [0.717, 1.165) is 6.07 Å². The molecule has 3 heterocycles. The molecule has 2 aromatic rings. The van der Waals surface area contributed by atoms with Gasteiger partial charge in [0.15, 0.2) is 10.8 Å². The number of likely N-dealkylation sites (tertiary alicyclic amines) is 1. The molecule has 0 amide bonds. The molecule has 1 N–H and O–H groups in total. The highest BCUT2D eigenvalue weighted by molar-refractivity contribution is 7.11. The molecule has 7 nitrogen and oxygen atoms in total. The van der Waals surface area contributed by atoms with Crippen LogP contribution >= 0.6 is 22.9 Å². The number of thiazole rings is 1. The smallest absolute Gasteiger partial charge is 0.323 e. The fraction of sp³-hybridized carbons (Fsp3) is 0.364. The largest absolute Gasteiger partial charge is 0.465 e. The van der Waals surface area contributed by atoms with Crippen molar-refractivity contribution >= 4 is 34.7 Å². The van der Waals surface area contributed by atoms with E-state index in [1.54, 1.807) is 18.5 Å². The maximum absolute atomic E-state index is 14.3. The molecule has 0 spiro atoms. The zero-order chi connectivity index (χ0) is 24.5. The Kier molecular flexibility index (Phi) is 6.93. The van der Waals surface area contributed by atoms with Gasteiger partial charge in [0.05, 0.1) is 24.8 Å². The lowest BCUT2D eigenvalue weighted by atomic mass is 9.96. The third-order valence-corrected chi connectivity index (χ3v) is 6.53. The van der Waals surface area contributed by atoms with Crippen molar-refractivity contribution in [3.63, 3.8) is 0 Å². The summed E-state index contributed by atoms with van der Waals surface area (Å²) in [6.45, 7) is 0.820. The summed E-state index contributed by atoms with van der Waals surface area (Å²) >= 11 is 7.56. The van der Waals surface area contributed by atoms with Gasteiger partial charge >= 0.3 is 5.97 Å². The van der Waals surface area contributed by atoms with Gasteiger partial charge in [-0.05, 0) is 19.1 Å². The molecule has 1 aromatic heterocycles. The van der Waals surface area contributed by atoms with Gasteiger partial charge in [0, 0.05) is 40.8 Å². The van der Waals surface area contributed by atoms with E-state index in [2.05, 4.69) is 21.4 Å². The number of benzene rings is 1. The molecule has 2 aliphatic rings. The topological polar surface area (TPSA) is 90.6 Å². The number of nitrogens with one attached hydrogen (secondary N) is 1. The quantitative estimate of drug-likeness (QED) is 0.590. The molecule has 2 aliphatic heterocycles. The standard InChI is InChI=1S/C22H19ClF3N5O2S/c1-2-33-21(32)17-8-22(25,26)11-31(17)10-16-14(9-27)18(13-4-3-12(24)7-15(13)23)30-19(29-16)20-28-5-6-34-20/h3-7,17-18H,2,8,10-11H2,1H3,(H,29,30)/t17-,18?/m0/s1. The number of aliphatic imine (C=N–C) groups is 1. The van der Waals surface area contributed by atoms with E-state index in [9.17, 15) is 23.2 Å². The van der Waals surface area contributed by atoms with Crippen LogP contribution in [0.5, 0.6) is 0 Å². The van der Waals surface area contributed by atoms with E-state index in [1.807, 2.05) is 0 Å². The van der Waals surface area contributed by atoms with Crippen molar-refractivity contribution in [3.05, 3.63) is 62.5 Å². The molecule has 12 heteroatoms. The average Bonchev–Trinajstić information content (AvgIpc) is 3.41. The number of carbonyl (C=O) groups is 1. The first-order valence-electron chi connectivity index (χ1n) is 10.3. The summed E-state index contributed by atoms with van der Waals surface area (Å²) < 4.78 is 47.2. The summed E-state index contributed by atoms with van der Waals surface area (Å²) in [7, 11) is 0. The molecular formula is C22H19ClF3N5O2S. The van der Waals surface area contributed by atoms with Crippen molar-refractivity contribution in [3.8, 4) is 6.07 Å². The van der Waals surface area contributed by atoms with Gasteiger partial charge in [-0.25, -0.2) is 18.2 Å². The number of aromatic nitrogens is 1. The minimum atomic E-state index is -3.09. The molecule has 34 heavy (non-hydrogen) atoms. The Hall–Kier alpha value is -2.94. The van der Waals surface area contributed by atoms with Gasteiger partial charge < -0.3 is 10.1 Å². The highest BCUT2D eigenvalue weighted by atomic mass is 35.5. The maximum atomic E-state index is 14.3. The van der Waals surface area contributed by atoms with Gasteiger partial charge in [-0.15, -0.1) is 11.3 Å². The zero-order valence-electron chi connectivity index (χ0n) is 17.9. The number of carbonyl (C=O) groups excluding carboxylic acids is 1. The van der Waals surface area contributed by atoms with Gasteiger partial charge in [-0.2, -0.15) is 5.26 Å². The summed E-state index contributed by atoms with van der Waals surface area (Å²) in [4.78, 5) is 22.5. The number of rotatable bonds is 6. The van der Waals surface area contributed by atoms with Crippen LogP contribution < -0.4 is 5.32 Å². The van der Waals surface area contributed by atoms with E-state index >= 15 is 0 Å². The number of halogens is 4. The number of amidine groups is 1. The molecule has 0 saturated carbocycles. The minimum Gasteiger partial charge on any atom is -0.465 e. The number of hydrogen-bond donors (Lipinski definition) is 1. The van der Waals surface area contributed by atoms with Crippen LogP contribution in [-0.2, 0) is 9.53 Å². The molecule has 0 bridgehead atoms. The molecule has 178 valence electrons. The number of nitrogens with zero attached hydrogens (tertiary/aromatic N) is 4. The molecule has 1 unspecified atom stereocenters. The van der Waals surface area contributed by atoms with Crippen molar-refractivity contribution in [2.45, 2.75) is 31.4 Å². The number of esters is 1. The fourth-order valence-corrected chi connectivity index (χ4v) is 4.83. The Morgan fingerprint density at radius 2 is 2.26 bits per heavy atom. The Morgan fingerprint density at radius 1 is 1.47 bits per heavy atom. The highest BCUT2D eigenvalue weighted by Crippen LogP contribution is 2.38. The van der Waals surface area contributed by atoms with Gasteiger partial charge in [-0.1, -0.05) is 17.7 Å².